The molecule has 3 aromatic rings. The Labute approximate surface area is 184 Å². The highest BCUT2D eigenvalue weighted by Crippen LogP contribution is 2.33. The van der Waals surface area contributed by atoms with Crippen LogP contribution in [0.2, 0.25) is 0 Å². The summed E-state index contributed by atoms with van der Waals surface area (Å²) < 4.78 is 1.53. The van der Waals surface area contributed by atoms with Crippen molar-refractivity contribution >= 4 is 39.1 Å². The summed E-state index contributed by atoms with van der Waals surface area (Å²) in [5.74, 6) is -0.381. The maximum atomic E-state index is 13.0. The van der Waals surface area contributed by atoms with E-state index in [1.807, 2.05) is 6.92 Å². The molecule has 0 unspecified atom stereocenters. The number of thiophene rings is 1. The Kier molecular flexibility index (Phi) is 6.46. The van der Waals surface area contributed by atoms with Gasteiger partial charge >= 0.3 is 0 Å². The van der Waals surface area contributed by atoms with Gasteiger partial charge in [-0.25, -0.2) is 4.98 Å². The molecular weight excluding hydrogens is 412 g/mol. The fraction of sp³-hybridized carbons (Fsp3) is 0.391. The molecule has 8 heteroatoms. The van der Waals surface area contributed by atoms with Gasteiger partial charge in [0.15, 0.2) is 0 Å². The summed E-state index contributed by atoms with van der Waals surface area (Å²) in [6.07, 6.45) is 6.76. The monoisotopic (exact) mass is 438 g/mol. The number of fused-ring (bicyclic) bond motifs is 3. The quantitative estimate of drug-likeness (QED) is 0.590. The Morgan fingerprint density at radius 1 is 1.23 bits per heavy atom. The molecule has 162 valence electrons. The van der Waals surface area contributed by atoms with E-state index >= 15 is 0 Å². The predicted octanol–water partition coefficient (Wildman–Crippen LogP) is 3.51. The summed E-state index contributed by atoms with van der Waals surface area (Å²) in [6.45, 7) is 2.85. The molecule has 7 nitrogen and oxygen atoms in total. The van der Waals surface area contributed by atoms with Gasteiger partial charge in [0.2, 0.25) is 5.91 Å². The molecule has 0 radical (unpaired) electrons. The third-order valence-electron chi connectivity index (χ3n) is 5.47. The maximum Gasteiger partial charge on any atom is 0.262 e. The molecule has 4 rings (SSSR count). The first-order valence-corrected chi connectivity index (χ1v) is 11.6. The largest absolute Gasteiger partial charge is 0.352 e. The average molecular weight is 439 g/mol. The zero-order valence-corrected chi connectivity index (χ0v) is 18.4. The van der Waals surface area contributed by atoms with E-state index in [1.165, 1.54) is 9.44 Å². The van der Waals surface area contributed by atoms with Gasteiger partial charge in [-0.2, -0.15) is 0 Å². The van der Waals surface area contributed by atoms with E-state index in [0.29, 0.717) is 17.8 Å². The summed E-state index contributed by atoms with van der Waals surface area (Å²) >= 11 is 1.62. The molecular formula is C23H26N4O3S. The lowest BCUT2D eigenvalue weighted by Crippen LogP contribution is -2.25. The van der Waals surface area contributed by atoms with Gasteiger partial charge in [0, 0.05) is 35.6 Å². The molecule has 2 amide bonds. The van der Waals surface area contributed by atoms with Crippen molar-refractivity contribution in [1.82, 2.24) is 14.9 Å². The van der Waals surface area contributed by atoms with Crippen molar-refractivity contribution < 1.29 is 9.59 Å². The number of aromatic nitrogens is 2. The van der Waals surface area contributed by atoms with Crippen molar-refractivity contribution in [2.24, 2.45) is 0 Å². The van der Waals surface area contributed by atoms with E-state index in [4.69, 9.17) is 0 Å². The highest BCUT2D eigenvalue weighted by Gasteiger charge is 2.20. The van der Waals surface area contributed by atoms with Crippen LogP contribution in [0.1, 0.15) is 53.4 Å². The van der Waals surface area contributed by atoms with Crippen LogP contribution in [0, 0.1) is 0 Å². The fourth-order valence-electron chi connectivity index (χ4n) is 3.86. The van der Waals surface area contributed by atoms with Crippen LogP contribution in [0.4, 0.5) is 5.69 Å². The SMILES string of the molecule is CCCNC(=O)c1cccc(NC(=O)CCn2cnc3sc4c(c3c2=O)CCCC4)c1. The molecule has 0 saturated heterocycles. The van der Waals surface area contributed by atoms with Gasteiger partial charge in [0.05, 0.1) is 11.7 Å². The summed E-state index contributed by atoms with van der Waals surface area (Å²) in [4.78, 5) is 44.1. The van der Waals surface area contributed by atoms with Gasteiger partial charge in [0.1, 0.15) is 4.83 Å². The van der Waals surface area contributed by atoms with Crippen molar-refractivity contribution in [3.05, 3.63) is 57.0 Å². The van der Waals surface area contributed by atoms with Gasteiger partial charge in [-0.05, 0) is 55.9 Å². The minimum absolute atomic E-state index is 0.0632. The highest BCUT2D eigenvalue weighted by atomic mass is 32.1. The molecule has 0 aliphatic heterocycles. The lowest BCUT2D eigenvalue weighted by atomic mass is 9.97. The third kappa shape index (κ3) is 4.69. The Morgan fingerprint density at radius 3 is 2.90 bits per heavy atom. The van der Waals surface area contributed by atoms with Crippen LogP contribution in [0.25, 0.3) is 10.2 Å². The van der Waals surface area contributed by atoms with Crippen LogP contribution in [-0.2, 0) is 24.2 Å². The van der Waals surface area contributed by atoms with Gasteiger partial charge < -0.3 is 10.6 Å². The number of benzene rings is 1. The molecule has 31 heavy (non-hydrogen) atoms. The Morgan fingerprint density at radius 2 is 2.06 bits per heavy atom. The zero-order chi connectivity index (χ0) is 21.8. The van der Waals surface area contributed by atoms with Crippen LogP contribution in [0.15, 0.2) is 35.4 Å². The first kappa shape index (κ1) is 21.2. The molecule has 2 aromatic heterocycles. The first-order valence-electron chi connectivity index (χ1n) is 10.7. The molecule has 1 aliphatic rings. The van der Waals surface area contributed by atoms with Gasteiger partial charge in [-0.1, -0.05) is 13.0 Å². The number of carbonyl (C=O) groups excluding carboxylic acids is 2. The van der Waals surface area contributed by atoms with Crippen LogP contribution < -0.4 is 16.2 Å². The molecule has 0 saturated carbocycles. The van der Waals surface area contributed by atoms with Crippen molar-refractivity contribution in [3.8, 4) is 0 Å². The number of hydrogen-bond donors (Lipinski definition) is 2. The number of amides is 2. The number of hydrogen-bond acceptors (Lipinski definition) is 5. The van der Waals surface area contributed by atoms with Crippen LogP contribution in [0.5, 0.6) is 0 Å². The van der Waals surface area contributed by atoms with E-state index in [9.17, 15) is 14.4 Å². The van der Waals surface area contributed by atoms with Gasteiger partial charge in [0.25, 0.3) is 11.5 Å². The summed E-state index contributed by atoms with van der Waals surface area (Å²) in [5.41, 5.74) is 2.15. The second-order valence-electron chi connectivity index (χ2n) is 7.77. The minimum Gasteiger partial charge on any atom is -0.352 e. The van der Waals surface area contributed by atoms with E-state index in [0.717, 1.165) is 47.9 Å². The minimum atomic E-state index is -0.217. The van der Waals surface area contributed by atoms with Gasteiger partial charge in [-0.3, -0.25) is 19.0 Å². The smallest absolute Gasteiger partial charge is 0.262 e. The van der Waals surface area contributed by atoms with Crippen LogP contribution in [0.3, 0.4) is 0 Å². The lowest BCUT2D eigenvalue weighted by molar-refractivity contribution is -0.116. The molecule has 1 aliphatic carbocycles. The maximum absolute atomic E-state index is 13.0. The van der Waals surface area contributed by atoms with Crippen molar-refractivity contribution in [1.29, 1.82) is 0 Å². The van der Waals surface area contributed by atoms with Crippen molar-refractivity contribution in [3.63, 3.8) is 0 Å². The molecule has 0 bridgehead atoms. The van der Waals surface area contributed by atoms with E-state index in [2.05, 4.69) is 15.6 Å². The highest BCUT2D eigenvalue weighted by molar-refractivity contribution is 7.18. The van der Waals surface area contributed by atoms with E-state index in [1.54, 1.807) is 41.9 Å². The third-order valence-corrected chi connectivity index (χ3v) is 6.67. The van der Waals surface area contributed by atoms with E-state index < -0.39 is 0 Å². The number of anilines is 1. The molecule has 2 N–H and O–H groups in total. The number of carbonyl (C=O) groups is 2. The Hall–Kier alpha value is -3.00. The second-order valence-corrected chi connectivity index (χ2v) is 8.85. The molecule has 0 fully saturated rings. The van der Waals surface area contributed by atoms with Crippen molar-refractivity contribution in [2.75, 3.05) is 11.9 Å². The molecule has 0 spiro atoms. The number of nitrogens with one attached hydrogen (secondary N) is 2. The van der Waals surface area contributed by atoms with Crippen LogP contribution in [-0.4, -0.2) is 27.9 Å². The summed E-state index contributed by atoms with van der Waals surface area (Å²) in [6, 6.07) is 6.84. The first-order chi connectivity index (χ1) is 15.1. The normalized spacial score (nSPS) is 13.1. The standard InChI is InChI=1S/C23H26N4O3S/c1-2-11-24-21(29)15-6-5-7-16(13-15)26-19(28)10-12-27-14-25-22-20(23(27)30)17-8-3-4-9-18(17)31-22/h5-7,13-14H,2-4,8-12H2,1H3,(H,24,29)(H,26,28). The summed E-state index contributed by atoms with van der Waals surface area (Å²) in [5, 5.41) is 6.36. The Bertz CT molecular complexity index is 1180. The molecule has 2 heterocycles. The zero-order valence-electron chi connectivity index (χ0n) is 17.6. The molecule has 1 aromatic carbocycles. The van der Waals surface area contributed by atoms with Crippen molar-refractivity contribution in [2.45, 2.75) is 52.0 Å². The summed E-state index contributed by atoms with van der Waals surface area (Å²) in [7, 11) is 0. The Balaban J connectivity index is 1.42. The fourth-order valence-corrected chi connectivity index (χ4v) is 5.08. The predicted molar refractivity (Wildman–Crippen MR) is 123 cm³/mol. The second kappa shape index (κ2) is 9.43. The lowest BCUT2D eigenvalue weighted by Gasteiger charge is -2.11. The van der Waals surface area contributed by atoms with Crippen LogP contribution >= 0.6 is 11.3 Å². The topological polar surface area (TPSA) is 93.1 Å². The van der Waals surface area contributed by atoms with Gasteiger partial charge in [-0.15, -0.1) is 11.3 Å². The number of aryl methyl sites for hydroxylation is 3. The number of rotatable bonds is 7. The average Bonchev–Trinajstić information content (AvgIpc) is 3.16. The number of nitrogens with zero attached hydrogens (tertiary/aromatic N) is 2. The molecule has 0 atom stereocenters. The van der Waals surface area contributed by atoms with E-state index in [-0.39, 0.29) is 30.3 Å².